The van der Waals surface area contributed by atoms with Gasteiger partial charge in [-0.3, -0.25) is 4.79 Å². The number of thiazole rings is 1. The summed E-state index contributed by atoms with van der Waals surface area (Å²) in [5.74, 6) is 0.0747. The van der Waals surface area contributed by atoms with Gasteiger partial charge in [-0.05, 0) is 38.5 Å². The molecule has 4 nitrogen and oxygen atoms in total. The maximum atomic E-state index is 12.5. The van der Waals surface area contributed by atoms with Crippen molar-refractivity contribution in [3.05, 3.63) is 23.8 Å². The predicted octanol–water partition coefficient (Wildman–Crippen LogP) is 3.14. The van der Waals surface area contributed by atoms with Crippen molar-refractivity contribution in [2.75, 3.05) is 12.3 Å². The van der Waals surface area contributed by atoms with Crippen LogP contribution in [0, 0.1) is 0 Å². The monoisotopic (exact) mass is 277 g/mol. The number of nitrogen functional groups attached to an aromatic ring is 1. The molecule has 1 atom stereocenters. The largest absolute Gasteiger partial charge is 0.375 e. The lowest BCUT2D eigenvalue weighted by Gasteiger charge is -2.27. The Hall–Kier alpha value is -1.62. The van der Waals surface area contributed by atoms with Gasteiger partial charge in [0.2, 0.25) is 0 Å². The molecule has 1 aromatic heterocycles. The van der Waals surface area contributed by atoms with Crippen molar-refractivity contribution in [3.63, 3.8) is 0 Å². The molecule has 0 saturated heterocycles. The molecular weight excluding hydrogens is 258 g/mol. The average Bonchev–Trinajstić information content (AvgIpc) is 2.77. The Morgan fingerprint density at radius 2 is 2.21 bits per heavy atom. The number of amides is 1. The Morgan fingerprint density at radius 3 is 2.84 bits per heavy atom. The zero-order chi connectivity index (χ0) is 14.0. The average molecular weight is 277 g/mol. The number of nitrogens with two attached hydrogens (primary N) is 1. The molecule has 0 saturated carbocycles. The first-order chi connectivity index (χ1) is 9.06. The number of nitrogens with zero attached hydrogens (tertiary/aromatic N) is 2. The summed E-state index contributed by atoms with van der Waals surface area (Å²) in [6, 6.07) is 5.82. The number of anilines is 1. The molecule has 0 bridgehead atoms. The van der Waals surface area contributed by atoms with Crippen LogP contribution in [-0.4, -0.2) is 28.4 Å². The first-order valence-corrected chi connectivity index (χ1v) is 7.35. The zero-order valence-corrected chi connectivity index (χ0v) is 12.3. The molecule has 0 aliphatic carbocycles. The number of aromatic nitrogens is 1. The first kappa shape index (κ1) is 13.8. The van der Waals surface area contributed by atoms with Gasteiger partial charge in [0.15, 0.2) is 5.13 Å². The number of carbonyl (C=O) groups excluding carboxylic acids is 1. The summed E-state index contributed by atoms with van der Waals surface area (Å²) in [7, 11) is 0. The molecule has 1 aromatic carbocycles. The number of hydrogen-bond donors (Lipinski definition) is 1. The van der Waals surface area contributed by atoms with Gasteiger partial charge in [-0.25, -0.2) is 4.98 Å². The highest BCUT2D eigenvalue weighted by Crippen LogP contribution is 2.25. The highest BCUT2D eigenvalue weighted by Gasteiger charge is 2.19. The van der Waals surface area contributed by atoms with Crippen LogP contribution in [0.25, 0.3) is 10.2 Å². The number of fused-ring (bicyclic) bond motifs is 1. The normalized spacial score (nSPS) is 12.6. The molecule has 0 spiro atoms. The summed E-state index contributed by atoms with van der Waals surface area (Å²) in [5.41, 5.74) is 7.24. The van der Waals surface area contributed by atoms with E-state index in [1.165, 1.54) is 11.3 Å². The molecule has 2 aromatic rings. The predicted molar refractivity (Wildman–Crippen MR) is 80.5 cm³/mol. The minimum atomic E-state index is 0.0747. The summed E-state index contributed by atoms with van der Waals surface area (Å²) in [4.78, 5) is 18.6. The minimum absolute atomic E-state index is 0.0747. The fourth-order valence-corrected chi connectivity index (χ4v) is 2.89. The van der Waals surface area contributed by atoms with Crippen molar-refractivity contribution >= 4 is 32.6 Å². The van der Waals surface area contributed by atoms with Crippen molar-refractivity contribution in [2.45, 2.75) is 33.2 Å². The van der Waals surface area contributed by atoms with Crippen molar-refractivity contribution in [1.82, 2.24) is 9.88 Å². The third-order valence-electron chi connectivity index (χ3n) is 3.38. The topological polar surface area (TPSA) is 59.2 Å². The lowest BCUT2D eigenvalue weighted by atomic mass is 10.1. The van der Waals surface area contributed by atoms with E-state index < -0.39 is 0 Å². The van der Waals surface area contributed by atoms with E-state index in [0.29, 0.717) is 10.7 Å². The summed E-state index contributed by atoms with van der Waals surface area (Å²) in [6.07, 6.45) is 0.954. The zero-order valence-electron chi connectivity index (χ0n) is 11.5. The number of hydrogen-bond acceptors (Lipinski definition) is 4. The summed E-state index contributed by atoms with van der Waals surface area (Å²) in [6.45, 7) is 6.89. The van der Waals surface area contributed by atoms with Crippen LogP contribution in [-0.2, 0) is 0 Å². The van der Waals surface area contributed by atoms with Gasteiger partial charge in [0.1, 0.15) is 0 Å². The van der Waals surface area contributed by atoms with E-state index in [1.54, 1.807) is 0 Å². The molecule has 1 unspecified atom stereocenters. The van der Waals surface area contributed by atoms with Gasteiger partial charge in [0.25, 0.3) is 5.91 Å². The van der Waals surface area contributed by atoms with Gasteiger partial charge in [0, 0.05) is 18.2 Å². The Morgan fingerprint density at radius 1 is 1.47 bits per heavy atom. The third-order valence-corrected chi connectivity index (χ3v) is 4.22. The van der Waals surface area contributed by atoms with Crippen molar-refractivity contribution in [2.24, 2.45) is 0 Å². The Kier molecular flexibility index (Phi) is 4.04. The van der Waals surface area contributed by atoms with E-state index in [9.17, 15) is 4.79 Å². The molecule has 5 heteroatoms. The molecule has 0 aliphatic heterocycles. The summed E-state index contributed by atoms with van der Waals surface area (Å²) < 4.78 is 0.962. The van der Waals surface area contributed by atoms with Gasteiger partial charge in [-0.15, -0.1) is 0 Å². The van der Waals surface area contributed by atoms with Crippen LogP contribution in [0.1, 0.15) is 37.6 Å². The molecule has 0 fully saturated rings. The van der Waals surface area contributed by atoms with Gasteiger partial charge >= 0.3 is 0 Å². The van der Waals surface area contributed by atoms with Crippen LogP contribution in [0.2, 0.25) is 0 Å². The van der Waals surface area contributed by atoms with E-state index in [2.05, 4.69) is 18.8 Å². The van der Waals surface area contributed by atoms with Crippen LogP contribution in [0.5, 0.6) is 0 Å². The van der Waals surface area contributed by atoms with Crippen LogP contribution in [0.15, 0.2) is 18.2 Å². The van der Waals surface area contributed by atoms with Gasteiger partial charge in [-0.1, -0.05) is 18.3 Å². The molecule has 0 radical (unpaired) electrons. The molecule has 2 N–H and O–H groups in total. The Balaban J connectivity index is 2.34. The smallest absolute Gasteiger partial charge is 0.254 e. The molecular formula is C14H19N3OS. The maximum Gasteiger partial charge on any atom is 0.254 e. The Labute approximate surface area is 117 Å². The highest BCUT2D eigenvalue weighted by atomic mass is 32.1. The van der Waals surface area contributed by atoms with E-state index in [0.717, 1.165) is 23.2 Å². The highest BCUT2D eigenvalue weighted by molar-refractivity contribution is 7.22. The van der Waals surface area contributed by atoms with Crippen molar-refractivity contribution in [3.8, 4) is 0 Å². The third kappa shape index (κ3) is 2.71. The van der Waals surface area contributed by atoms with E-state index >= 15 is 0 Å². The van der Waals surface area contributed by atoms with Crippen LogP contribution < -0.4 is 5.73 Å². The quantitative estimate of drug-likeness (QED) is 0.934. The number of rotatable bonds is 4. The van der Waals surface area contributed by atoms with E-state index in [4.69, 9.17) is 5.73 Å². The first-order valence-electron chi connectivity index (χ1n) is 6.53. The van der Waals surface area contributed by atoms with Crippen LogP contribution in [0.3, 0.4) is 0 Å². The maximum absolute atomic E-state index is 12.5. The van der Waals surface area contributed by atoms with Gasteiger partial charge in [0.05, 0.1) is 10.2 Å². The summed E-state index contributed by atoms with van der Waals surface area (Å²) >= 11 is 1.41. The molecule has 1 amide bonds. The molecule has 1 heterocycles. The summed E-state index contributed by atoms with van der Waals surface area (Å²) in [5, 5.41) is 0.536. The van der Waals surface area contributed by atoms with E-state index in [1.807, 2.05) is 30.0 Å². The van der Waals surface area contributed by atoms with Crippen molar-refractivity contribution < 1.29 is 4.79 Å². The van der Waals surface area contributed by atoms with Crippen molar-refractivity contribution in [1.29, 1.82) is 0 Å². The number of carbonyl (C=O) groups is 1. The fourth-order valence-electron chi connectivity index (χ4n) is 2.12. The van der Waals surface area contributed by atoms with Gasteiger partial charge in [-0.2, -0.15) is 0 Å². The molecule has 2 rings (SSSR count). The van der Waals surface area contributed by atoms with Crippen LogP contribution in [0.4, 0.5) is 5.13 Å². The Bertz CT molecular complexity index is 593. The molecule has 19 heavy (non-hydrogen) atoms. The lowest BCUT2D eigenvalue weighted by molar-refractivity contribution is 0.0700. The van der Waals surface area contributed by atoms with E-state index in [-0.39, 0.29) is 11.9 Å². The van der Waals surface area contributed by atoms with Crippen LogP contribution >= 0.6 is 11.3 Å². The second-order valence-corrected chi connectivity index (χ2v) is 5.65. The minimum Gasteiger partial charge on any atom is -0.375 e. The van der Waals surface area contributed by atoms with Gasteiger partial charge < -0.3 is 10.6 Å². The standard InChI is InChI=1S/C14H19N3OS/c1-4-9(3)17(5-2)13(18)10-6-7-11-12(8-10)19-14(15)16-11/h6-9H,4-5H2,1-3H3,(H2,15,16). The lowest BCUT2D eigenvalue weighted by Crippen LogP contribution is -2.38. The molecule has 0 aliphatic rings. The second kappa shape index (κ2) is 5.57. The second-order valence-electron chi connectivity index (χ2n) is 4.58. The number of benzene rings is 1. The fraction of sp³-hybridized carbons (Fsp3) is 0.429. The molecule has 102 valence electrons. The SMILES string of the molecule is CCC(C)N(CC)C(=O)c1ccc2nc(N)sc2c1.